The highest BCUT2D eigenvalue weighted by molar-refractivity contribution is 5.29. The molecular weight excluding hydrogens is 176 g/mol. The molecule has 0 amide bonds. The van der Waals surface area contributed by atoms with E-state index in [1.54, 1.807) is 0 Å². The van der Waals surface area contributed by atoms with E-state index in [-0.39, 0.29) is 0 Å². The average molecular weight is 194 g/mol. The lowest BCUT2D eigenvalue weighted by Crippen LogP contribution is -2.35. The first-order valence-electron chi connectivity index (χ1n) is 5.22. The predicted molar refractivity (Wildman–Crippen MR) is 57.6 cm³/mol. The second-order valence-corrected chi connectivity index (χ2v) is 4.06. The molecule has 1 aromatic heterocycles. The summed E-state index contributed by atoms with van der Waals surface area (Å²) < 4.78 is 0. The maximum Gasteiger partial charge on any atom is 0.202 e. The van der Waals surface area contributed by atoms with Crippen LogP contribution in [0.25, 0.3) is 0 Å². The SMILES string of the molecule is Cc1cnc(N(C)CC2CCCN2)[nH]1. The van der Waals surface area contributed by atoms with Crippen LogP contribution < -0.4 is 10.2 Å². The number of rotatable bonds is 3. The molecule has 0 aliphatic carbocycles. The Morgan fingerprint density at radius 2 is 2.50 bits per heavy atom. The van der Waals surface area contributed by atoms with Crippen molar-refractivity contribution in [3.8, 4) is 0 Å². The topological polar surface area (TPSA) is 44.0 Å². The summed E-state index contributed by atoms with van der Waals surface area (Å²) in [6.45, 7) is 4.22. The fraction of sp³-hybridized carbons (Fsp3) is 0.700. The minimum atomic E-state index is 0.630. The van der Waals surface area contributed by atoms with E-state index < -0.39 is 0 Å². The Labute approximate surface area is 84.7 Å². The molecule has 4 nitrogen and oxygen atoms in total. The highest BCUT2D eigenvalue weighted by Gasteiger charge is 2.16. The van der Waals surface area contributed by atoms with Gasteiger partial charge in [-0.05, 0) is 26.3 Å². The number of hydrogen-bond acceptors (Lipinski definition) is 3. The van der Waals surface area contributed by atoms with E-state index in [0.29, 0.717) is 6.04 Å². The Bertz CT molecular complexity index is 288. The third-order valence-electron chi connectivity index (χ3n) is 2.71. The lowest BCUT2D eigenvalue weighted by Gasteiger charge is -2.20. The second-order valence-electron chi connectivity index (χ2n) is 4.06. The number of nitrogens with zero attached hydrogens (tertiary/aromatic N) is 2. The van der Waals surface area contributed by atoms with Crippen LogP contribution in [0.5, 0.6) is 0 Å². The normalized spacial score (nSPS) is 21.4. The minimum absolute atomic E-state index is 0.630. The van der Waals surface area contributed by atoms with Gasteiger partial charge in [0.1, 0.15) is 0 Å². The van der Waals surface area contributed by atoms with Crippen LogP contribution >= 0.6 is 0 Å². The van der Waals surface area contributed by atoms with Crippen LogP contribution in [0.4, 0.5) is 5.95 Å². The maximum atomic E-state index is 4.30. The van der Waals surface area contributed by atoms with Gasteiger partial charge in [0.2, 0.25) is 5.95 Å². The largest absolute Gasteiger partial charge is 0.344 e. The fourth-order valence-electron chi connectivity index (χ4n) is 1.92. The number of aryl methyl sites for hydroxylation is 1. The van der Waals surface area contributed by atoms with Crippen LogP contribution in [-0.4, -0.2) is 36.1 Å². The number of hydrogen-bond donors (Lipinski definition) is 2. The molecule has 0 aromatic carbocycles. The van der Waals surface area contributed by atoms with Gasteiger partial charge >= 0.3 is 0 Å². The van der Waals surface area contributed by atoms with Gasteiger partial charge in [-0.15, -0.1) is 0 Å². The monoisotopic (exact) mass is 194 g/mol. The zero-order valence-corrected chi connectivity index (χ0v) is 8.88. The van der Waals surface area contributed by atoms with Gasteiger partial charge in [0.25, 0.3) is 0 Å². The summed E-state index contributed by atoms with van der Waals surface area (Å²) in [6, 6.07) is 0.630. The summed E-state index contributed by atoms with van der Waals surface area (Å²) in [5.74, 6) is 0.969. The van der Waals surface area contributed by atoms with Crippen molar-refractivity contribution in [3.05, 3.63) is 11.9 Å². The van der Waals surface area contributed by atoms with Crippen molar-refractivity contribution in [2.75, 3.05) is 25.0 Å². The van der Waals surface area contributed by atoms with E-state index >= 15 is 0 Å². The number of anilines is 1. The highest BCUT2D eigenvalue weighted by Crippen LogP contribution is 2.11. The maximum absolute atomic E-state index is 4.30. The number of aromatic amines is 1. The minimum Gasteiger partial charge on any atom is -0.344 e. The molecule has 0 bridgehead atoms. The van der Waals surface area contributed by atoms with Crippen LogP contribution in [0.2, 0.25) is 0 Å². The van der Waals surface area contributed by atoms with Crippen molar-refractivity contribution >= 4 is 5.95 Å². The van der Waals surface area contributed by atoms with Gasteiger partial charge in [-0.25, -0.2) is 4.98 Å². The molecule has 0 radical (unpaired) electrons. The van der Waals surface area contributed by atoms with Crippen molar-refractivity contribution in [1.82, 2.24) is 15.3 Å². The quantitative estimate of drug-likeness (QED) is 0.751. The summed E-state index contributed by atoms with van der Waals surface area (Å²) in [6.07, 6.45) is 4.45. The van der Waals surface area contributed by atoms with Crippen molar-refractivity contribution in [2.24, 2.45) is 0 Å². The van der Waals surface area contributed by atoms with E-state index in [2.05, 4.69) is 27.2 Å². The zero-order valence-electron chi connectivity index (χ0n) is 8.88. The molecule has 2 N–H and O–H groups in total. The second kappa shape index (κ2) is 4.00. The van der Waals surface area contributed by atoms with Crippen molar-refractivity contribution in [1.29, 1.82) is 0 Å². The standard InChI is InChI=1S/C10H18N4/c1-8-6-12-10(13-8)14(2)7-9-4-3-5-11-9/h6,9,11H,3-5,7H2,1-2H3,(H,12,13). The first-order valence-corrected chi connectivity index (χ1v) is 5.22. The molecule has 14 heavy (non-hydrogen) atoms. The average Bonchev–Trinajstić information content (AvgIpc) is 2.75. The summed E-state index contributed by atoms with van der Waals surface area (Å²) in [5, 5.41) is 3.48. The van der Waals surface area contributed by atoms with Crippen molar-refractivity contribution in [3.63, 3.8) is 0 Å². The number of nitrogens with one attached hydrogen (secondary N) is 2. The van der Waals surface area contributed by atoms with E-state index in [1.807, 2.05) is 13.1 Å². The molecule has 1 saturated heterocycles. The number of H-pyrrole nitrogens is 1. The van der Waals surface area contributed by atoms with Crippen LogP contribution in [0.15, 0.2) is 6.20 Å². The molecule has 1 aliphatic heterocycles. The molecule has 0 spiro atoms. The van der Waals surface area contributed by atoms with E-state index in [0.717, 1.165) is 24.7 Å². The van der Waals surface area contributed by atoms with Crippen LogP contribution in [-0.2, 0) is 0 Å². The van der Waals surface area contributed by atoms with Crippen LogP contribution in [0, 0.1) is 6.92 Å². The van der Waals surface area contributed by atoms with Gasteiger partial charge in [-0.3, -0.25) is 0 Å². The zero-order chi connectivity index (χ0) is 9.97. The summed E-state index contributed by atoms with van der Waals surface area (Å²) in [7, 11) is 2.08. The number of likely N-dealkylation sites (N-methyl/N-ethyl adjacent to an activating group) is 1. The molecule has 2 rings (SSSR count). The molecule has 4 heteroatoms. The molecular formula is C10H18N4. The highest BCUT2D eigenvalue weighted by atomic mass is 15.3. The number of aromatic nitrogens is 2. The van der Waals surface area contributed by atoms with Gasteiger partial charge in [-0.2, -0.15) is 0 Å². The van der Waals surface area contributed by atoms with Gasteiger partial charge in [0.05, 0.1) is 0 Å². The first kappa shape index (κ1) is 9.52. The summed E-state index contributed by atoms with van der Waals surface area (Å²) in [4.78, 5) is 9.71. The first-order chi connectivity index (χ1) is 6.75. The molecule has 1 aliphatic rings. The Morgan fingerprint density at radius 3 is 3.07 bits per heavy atom. The van der Waals surface area contributed by atoms with Crippen LogP contribution in [0.1, 0.15) is 18.5 Å². The third kappa shape index (κ3) is 2.07. The van der Waals surface area contributed by atoms with E-state index in [1.165, 1.54) is 12.8 Å². The molecule has 1 unspecified atom stereocenters. The summed E-state index contributed by atoms with van der Waals surface area (Å²) in [5.41, 5.74) is 1.12. The Hall–Kier alpha value is -1.03. The van der Waals surface area contributed by atoms with Gasteiger partial charge in [0.15, 0.2) is 0 Å². The van der Waals surface area contributed by atoms with E-state index in [9.17, 15) is 0 Å². The molecule has 78 valence electrons. The Balaban J connectivity index is 1.91. The molecule has 1 aromatic rings. The Kier molecular flexibility index (Phi) is 2.72. The van der Waals surface area contributed by atoms with Gasteiger partial charge < -0.3 is 15.2 Å². The molecule has 1 atom stereocenters. The van der Waals surface area contributed by atoms with Gasteiger partial charge in [-0.1, -0.05) is 0 Å². The third-order valence-corrected chi connectivity index (χ3v) is 2.71. The molecule has 2 heterocycles. The lowest BCUT2D eigenvalue weighted by molar-refractivity contribution is 0.595. The molecule has 0 saturated carbocycles. The lowest BCUT2D eigenvalue weighted by atomic mass is 10.2. The van der Waals surface area contributed by atoms with Crippen LogP contribution in [0.3, 0.4) is 0 Å². The van der Waals surface area contributed by atoms with E-state index in [4.69, 9.17) is 0 Å². The molecule has 1 fully saturated rings. The Morgan fingerprint density at radius 1 is 1.64 bits per heavy atom. The summed E-state index contributed by atoms with van der Waals surface area (Å²) >= 11 is 0. The predicted octanol–water partition coefficient (Wildman–Crippen LogP) is 0.906. The van der Waals surface area contributed by atoms with Gasteiger partial charge in [0, 0.05) is 31.5 Å². The van der Waals surface area contributed by atoms with Crippen molar-refractivity contribution in [2.45, 2.75) is 25.8 Å². The van der Waals surface area contributed by atoms with Crippen molar-refractivity contribution < 1.29 is 0 Å². The number of imidazole rings is 1. The smallest absolute Gasteiger partial charge is 0.202 e. The fourth-order valence-corrected chi connectivity index (χ4v) is 1.92.